The number of hydrogen-bond donors (Lipinski definition) is 0. The maximum Gasteiger partial charge on any atom is 0.0159 e. The van der Waals surface area contributed by atoms with Crippen molar-refractivity contribution in [2.24, 2.45) is 0 Å². The van der Waals surface area contributed by atoms with E-state index in [4.69, 9.17) is 0 Å². The van der Waals surface area contributed by atoms with Crippen molar-refractivity contribution in [1.29, 1.82) is 0 Å². The zero-order chi connectivity index (χ0) is 12.6. The average molecular weight is 328 g/mol. The first-order valence-electron chi connectivity index (χ1n) is 6.88. The number of hydrogen-bond acceptors (Lipinski definition) is 2. The third-order valence-electron chi connectivity index (χ3n) is 3.60. The van der Waals surface area contributed by atoms with E-state index in [0.29, 0.717) is 0 Å². The molecule has 1 aromatic carbocycles. The van der Waals surface area contributed by atoms with Crippen molar-refractivity contribution >= 4 is 27.7 Å². The van der Waals surface area contributed by atoms with Gasteiger partial charge in [0.15, 0.2) is 0 Å². The molecule has 0 spiro atoms. The number of alkyl halides is 1. The highest BCUT2D eigenvalue weighted by Gasteiger charge is 2.21. The fourth-order valence-electron chi connectivity index (χ4n) is 2.65. The molecule has 1 saturated carbocycles. The lowest BCUT2D eigenvalue weighted by Gasteiger charge is -2.27. The van der Waals surface area contributed by atoms with Crippen LogP contribution in [-0.2, 0) is 0 Å². The lowest BCUT2D eigenvalue weighted by Crippen LogP contribution is -2.36. The third kappa shape index (κ3) is 4.60. The minimum absolute atomic E-state index is 0.846. The number of halogens is 1. The molecule has 0 aliphatic heterocycles. The van der Waals surface area contributed by atoms with Crippen LogP contribution in [0.25, 0.3) is 0 Å². The first-order valence-corrected chi connectivity index (χ1v) is 8.98. The Kier molecular flexibility index (Phi) is 6.60. The van der Waals surface area contributed by atoms with Gasteiger partial charge in [-0.3, -0.25) is 4.90 Å². The summed E-state index contributed by atoms with van der Waals surface area (Å²) in [6.45, 7) is 2.41. The van der Waals surface area contributed by atoms with E-state index < -0.39 is 0 Å². The molecule has 0 heterocycles. The molecule has 0 saturated heterocycles. The Labute approximate surface area is 123 Å². The van der Waals surface area contributed by atoms with Gasteiger partial charge in [0.2, 0.25) is 0 Å². The molecule has 0 atom stereocenters. The van der Waals surface area contributed by atoms with Crippen LogP contribution in [-0.4, -0.2) is 35.1 Å². The first kappa shape index (κ1) is 14.4. The molecule has 1 nitrogen and oxygen atoms in total. The Morgan fingerprint density at radius 1 is 1.11 bits per heavy atom. The van der Waals surface area contributed by atoms with Gasteiger partial charge in [-0.05, 0) is 25.0 Å². The maximum atomic E-state index is 3.59. The molecular weight excluding hydrogens is 306 g/mol. The van der Waals surface area contributed by atoms with Crippen LogP contribution in [0.4, 0.5) is 0 Å². The largest absolute Gasteiger partial charge is 0.299 e. The second-order valence-corrected chi connectivity index (χ2v) is 6.79. The zero-order valence-corrected chi connectivity index (χ0v) is 13.3. The number of rotatable bonds is 7. The molecule has 0 N–H and O–H groups in total. The lowest BCUT2D eigenvalue weighted by atomic mass is 10.2. The fraction of sp³-hybridized carbons (Fsp3) is 0.600. The molecule has 2 rings (SSSR count). The minimum atomic E-state index is 0.846. The monoisotopic (exact) mass is 327 g/mol. The molecule has 100 valence electrons. The second-order valence-electron chi connectivity index (χ2n) is 4.82. The van der Waals surface area contributed by atoms with Gasteiger partial charge in [0.1, 0.15) is 0 Å². The smallest absolute Gasteiger partial charge is 0.0159 e. The first-order chi connectivity index (χ1) is 8.90. The van der Waals surface area contributed by atoms with E-state index in [9.17, 15) is 0 Å². The van der Waals surface area contributed by atoms with Crippen molar-refractivity contribution in [2.75, 3.05) is 24.2 Å². The molecule has 18 heavy (non-hydrogen) atoms. The normalized spacial score (nSPS) is 16.6. The number of thioether (sulfide) groups is 1. The van der Waals surface area contributed by atoms with Crippen LogP contribution in [0, 0.1) is 0 Å². The van der Waals surface area contributed by atoms with Gasteiger partial charge in [-0.2, -0.15) is 0 Å². The molecule has 1 aliphatic carbocycles. The molecule has 1 fully saturated rings. The van der Waals surface area contributed by atoms with E-state index in [-0.39, 0.29) is 0 Å². The van der Waals surface area contributed by atoms with E-state index in [1.54, 1.807) is 0 Å². The predicted octanol–water partition coefficient (Wildman–Crippen LogP) is 4.42. The summed E-state index contributed by atoms with van der Waals surface area (Å²) < 4.78 is 0. The molecule has 0 radical (unpaired) electrons. The Bertz CT molecular complexity index is 325. The maximum absolute atomic E-state index is 3.59. The number of benzene rings is 1. The minimum Gasteiger partial charge on any atom is -0.299 e. The van der Waals surface area contributed by atoms with Crippen molar-refractivity contribution in [3.05, 3.63) is 30.3 Å². The highest BCUT2D eigenvalue weighted by molar-refractivity contribution is 9.09. The summed E-state index contributed by atoms with van der Waals surface area (Å²) in [6, 6.07) is 11.6. The summed E-state index contributed by atoms with van der Waals surface area (Å²) in [6.07, 6.45) is 5.66. The summed E-state index contributed by atoms with van der Waals surface area (Å²) >= 11 is 5.56. The topological polar surface area (TPSA) is 3.24 Å². The summed E-state index contributed by atoms with van der Waals surface area (Å²) in [5.41, 5.74) is 0. The summed E-state index contributed by atoms with van der Waals surface area (Å²) in [5, 5.41) is 1.10. The van der Waals surface area contributed by atoms with Crippen LogP contribution < -0.4 is 0 Å². The van der Waals surface area contributed by atoms with Crippen molar-refractivity contribution in [3.8, 4) is 0 Å². The quantitative estimate of drug-likeness (QED) is 0.538. The van der Waals surface area contributed by atoms with Crippen molar-refractivity contribution in [1.82, 2.24) is 4.90 Å². The average Bonchev–Trinajstić information content (AvgIpc) is 2.93. The Morgan fingerprint density at radius 2 is 1.83 bits per heavy atom. The van der Waals surface area contributed by atoms with Gasteiger partial charge in [-0.1, -0.05) is 47.0 Å². The molecule has 1 aromatic rings. The van der Waals surface area contributed by atoms with Crippen molar-refractivity contribution in [3.63, 3.8) is 0 Å². The van der Waals surface area contributed by atoms with E-state index in [0.717, 1.165) is 11.4 Å². The molecule has 0 bridgehead atoms. The third-order valence-corrected chi connectivity index (χ3v) is 4.95. The van der Waals surface area contributed by atoms with Crippen molar-refractivity contribution in [2.45, 2.75) is 36.6 Å². The predicted molar refractivity (Wildman–Crippen MR) is 84.8 cm³/mol. The van der Waals surface area contributed by atoms with Gasteiger partial charge in [0.25, 0.3) is 0 Å². The highest BCUT2D eigenvalue weighted by atomic mass is 79.9. The summed E-state index contributed by atoms with van der Waals surface area (Å²) in [5.74, 6) is 1.20. The van der Waals surface area contributed by atoms with Crippen LogP contribution in [0.1, 0.15) is 25.7 Å². The van der Waals surface area contributed by atoms with Crippen LogP contribution >= 0.6 is 27.7 Å². The van der Waals surface area contributed by atoms with Gasteiger partial charge in [-0.15, -0.1) is 11.8 Å². The highest BCUT2D eigenvalue weighted by Crippen LogP contribution is 2.24. The zero-order valence-electron chi connectivity index (χ0n) is 10.9. The van der Waals surface area contributed by atoms with Gasteiger partial charge in [0, 0.05) is 35.1 Å². The Balaban J connectivity index is 1.75. The standard InChI is InChI=1S/C15H22BrNS/c16-10-11-17(14-6-4-5-7-14)12-13-18-15-8-2-1-3-9-15/h1-3,8-9,14H,4-7,10-13H2. The van der Waals surface area contributed by atoms with Gasteiger partial charge in [-0.25, -0.2) is 0 Å². The second kappa shape index (κ2) is 8.23. The summed E-state index contributed by atoms with van der Waals surface area (Å²) in [4.78, 5) is 4.07. The van der Waals surface area contributed by atoms with Crippen LogP contribution in [0.15, 0.2) is 35.2 Å². The van der Waals surface area contributed by atoms with Crippen LogP contribution in [0.3, 0.4) is 0 Å². The van der Waals surface area contributed by atoms with Gasteiger partial charge >= 0.3 is 0 Å². The molecule has 1 aliphatic rings. The molecule has 3 heteroatoms. The van der Waals surface area contributed by atoms with Crippen LogP contribution in [0.5, 0.6) is 0 Å². The molecule has 0 aromatic heterocycles. The number of nitrogens with zero attached hydrogens (tertiary/aromatic N) is 1. The van der Waals surface area contributed by atoms with E-state index >= 15 is 0 Å². The van der Waals surface area contributed by atoms with Crippen molar-refractivity contribution < 1.29 is 0 Å². The van der Waals surface area contributed by atoms with E-state index in [1.807, 2.05) is 11.8 Å². The lowest BCUT2D eigenvalue weighted by molar-refractivity contribution is 0.225. The van der Waals surface area contributed by atoms with Gasteiger partial charge < -0.3 is 0 Å². The van der Waals surface area contributed by atoms with E-state index in [2.05, 4.69) is 51.2 Å². The fourth-order valence-corrected chi connectivity index (χ4v) is 4.02. The van der Waals surface area contributed by atoms with E-state index in [1.165, 1.54) is 49.4 Å². The van der Waals surface area contributed by atoms with Gasteiger partial charge in [0.05, 0.1) is 0 Å². The summed E-state index contributed by atoms with van der Waals surface area (Å²) in [7, 11) is 0. The Hall–Kier alpha value is 0.0100. The Morgan fingerprint density at radius 3 is 2.50 bits per heavy atom. The SMILES string of the molecule is BrCCN(CCSc1ccccc1)C1CCCC1. The molecule has 0 amide bonds. The molecular formula is C15H22BrNS. The molecule has 0 unspecified atom stereocenters. The van der Waals surface area contributed by atoms with Crippen LogP contribution in [0.2, 0.25) is 0 Å².